The maximum absolute atomic E-state index is 13.1. The molecule has 0 heterocycles. The summed E-state index contributed by atoms with van der Waals surface area (Å²) < 4.78 is 44.4. The van der Waals surface area contributed by atoms with Gasteiger partial charge < -0.3 is 15.4 Å². The lowest BCUT2D eigenvalue weighted by Gasteiger charge is -2.26. The molecular formula is C14H18F3N3O. The normalized spacial score (nSPS) is 15.0. The van der Waals surface area contributed by atoms with Crippen molar-refractivity contribution in [1.29, 1.82) is 5.41 Å². The van der Waals surface area contributed by atoms with Gasteiger partial charge in [-0.1, -0.05) is 0 Å². The maximum Gasteiger partial charge on any atom is 0.417 e. The molecule has 1 aromatic rings. The minimum atomic E-state index is -4.53. The van der Waals surface area contributed by atoms with Crippen molar-refractivity contribution in [3.8, 4) is 0 Å². The first-order valence-electron chi connectivity index (χ1n) is 6.66. The number of nitrogens with zero attached hydrogens (tertiary/aromatic N) is 1. The molecule has 1 aromatic carbocycles. The highest BCUT2D eigenvalue weighted by Gasteiger charge is 2.36. The molecule has 0 radical (unpaired) electrons. The van der Waals surface area contributed by atoms with Crippen LogP contribution in [0.25, 0.3) is 0 Å². The topological polar surface area (TPSA) is 62.3 Å². The van der Waals surface area contributed by atoms with Crippen molar-refractivity contribution in [2.24, 2.45) is 5.73 Å². The van der Waals surface area contributed by atoms with Crippen LogP contribution in [0.1, 0.15) is 24.0 Å². The van der Waals surface area contributed by atoms with Crippen molar-refractivity contribution in [3.63, 3.8) is 0 Å². The van der Waals surface area contributed by atoms with E-state index in [4.69, 9.17) is 15.9 Å². The molecule has 3 N–H and O–H groups in total. The number of nitrogen functional groups attached to an aromatic ring is 1. The Hall–Kier alpha value is -1.76. The van der Waals surface area contributed by atoms with E-state index in [1.165, 1.54) is 6.07 Å². The highest BCUT2D eigenvalue weighted by Crippen LogP contribution is 2.37. The van der Waals surface area contributed by atoms with Crippen molar-refractivity contribution in [2.45, 2.75) is 25.1 Å². The van der Waals surface area contributed by atoms with Crippen LogP contribution in [-0.4, -0.2) is 32.1 Å². The molecule has 0 spiro atoms. The van der Waals surface area contributed by atoms with Crippen molar-refractivity contribution in [3.05, 3.63) is 29.3 Å². The van der Waals surface area contributed by atoms with E-state index >= 15 is 0 Å². The fourth-order valence-electron chi connectivity index (χ4n) is 2.28. The highest BCUT2D eigenvalue weighted by atomic mass is 19.4. The molecule has 4 nitrogen and oxygen atoms in total. The second-order valence-electron chi connectivity index (χ2n) is 5.06. The second kappa shape index (κ2) is 5.93. The lowest BCUT2D eigenvalue weighted by Crippen LogP contribution is -2.30. The smallest absolute Gasteiger partial charge is 0.384 e. The molecule has 1 fully saturated rings. The summed E-state index contributed by atoms with van der Waals surface area (Å²) in [6, 6.07) is 4.19. The zero-order chi connectivity index (χ0) is 15.6. The predicted octanol–water partition coefficient (Wildman–Crippen LogP) is 2.60. The van der Waals surface area contributed by atoms with E-state index < -0.39 is 17.6 Å². The summed E-state index contributed by atoms with van der Waals surface area (Å²) in [6.07, 6.45) is -2.59. The Morgan fingerprint density at radius 2 is 2.10 bits per heavy atom. The Balaban J connectivity index is 2.37. The number of benzene rings is 1. The van der Waals surface area contributed by atoms with Gasteiger partial charge in [0.1, 0.15) is 5.84 Å². The molecule has 0 aromatic heterocycles. The molecule has 116 valence electrons. The number of methoxy groups -OCH3 is 1. The average molecular weight is 301 g/mol. The molecule has 1 aliphatic rings. The van der Waals surface area contributed by atoms with Crippen LogP contribution >= 0.6 is 0 Å². The van der Waals surface area contributed by atoms with Crippen LogP contribution in [-0.2, 0) is 10.9 Å². The predicted molar refractivity (Wildman–Crippen MR) is 74.7 cm³/mol. The van der Waals surface area contributed by atoms with Crippen molar-refractivity contribution in [2.75, 3.05) is 25.2 Å². The summed E-state index contributed by atoms with van der Waals surface area (Å²) in [5.74, 6) is -0.580. The molecule has 0 amide bonds. The minimum absolute atomic E-state index is 0.268. The molecule has 0 aliphatic heterocycles. The van der Waals surface area contributed by atoms with Gasteiger partial charge >= 0.3 is 6.18 Å². The number of rotatable bonds is 6. The molecule has 0 bridgehead atoms. The van der Waals surface area contributed by atoms with Crippen LogP contribution in [0.2, 0.25) is 0 Å². The molecular weight excluding hydrogens is 283 g/mol. The lowest BCUT2D eigenvalue weighted by atomic mass is 10.0. The van der Waals surface area contributed by atoms with Gasteiger partial charge in [-0.15, -0.1) is 0 Å². The standard InChI is InChI=1S/C14H18F3N3O/c1-21-7-6-20(9-2-3-9)10-4-5-11(13(18)19)12(8-10)14(15,16)17/h4-5,8-9H,2-3,6-7H2,1H3,(H3,18,19). The van der Waals surface area contributed by atoms with E-state index in [9.17, 15) is 13.2 Å². The number of amidine groups is 1. The molecule has 0 atom stereocenters. The Bertz CT molecular complexity index is 527. The summed E-state index contributed by atoms with van der Waals surface area (Å²) in [6.45, 7) is 0.990. The number of nitrogens with two attached hydrogens (primary N) is 1. The number of anilines is 1. The van der Waals surface area contributed by atoms with E-state index in [0.717, 1.165) is 18.9 Å². The van der Waals surface area contributed by atoms with Crippen LogP contribution in [0.5, 0.6) is 0 Å². The van der Waals surface area contributed by atoms with E-state index in [1.54, 1.807) is 13.2 Å². The third-order valence-electron chi connectivity index (χ3n) is 3.45. The number of halogens is 3. The first kappa shape index (κ1) is 15.6. The second-order valence-corrected chi connectivity index (χ2v) is 5.06. The van der Waals surface area contributed by atoms with Crippen LogP contribution in [0.4, 0.5) is 18.9 Å². The Morgan fingerprint density at radius 1 is 1.43 bits per heavy atom. The fraction of sp³-hybridized carbons (Fsp3) is 0.500. The SMILES string of the molecule is COCCN(c1ccc(C(=N)N)c(C(F)(F)F)c1)C1CC1. The Morgan fingerprint density at radius 3 is 2.57 bits per heavy atom. The third kappa shape index (κ3) is 3.66. The van der Waals surface area contributed by atoms with E-state index in [2.05, 4.69) is 0 Å². The minimum Gasteiger partial charge on any atom is -0.384 e. The van der Waals surface area contributed by atoms with Crippen molar-refractivity contribution < 1.29 is 17.9 Å². The fourth-order valence-corrected chi connectivity index (χ4v) is 2.28. The zero-order valence-corrected chi connectivity index (χ0v) is 11.7. The van der Waals surface area contributed by atoms with Crippen LogP contribution < -0.4 is 10.6 Å². The van der Waals surface area contributed by atoms with Crippen LogP contribution in [0.15, 0.2) is 18.2 Å². The van der Waals surface area contributed by atoms with Crippen LogP contribution in [0.3, 0.4) is 0 Å². The summed E-state index contributed by atoms with van der Waals surface area (Å²) in [4.78, 5) is 1.92. The van der Waals surface area contributed by atoms with Crippen LogP contribution in [0, 0.1) is 5.41 Å². The monoisotopic (exact) mass is 301 g/mol. The number of ether oxygens (including phenoxy) is 1. The Labute approximate surface area is 121 Å². The largest absolute Gasteiger partial charge is 0.417 e. The molecule has 2 rings (SSSR count). The van der Waals surface area contributed by atoms with Crippen molar-refractivity contribution in [1.82, 2.24) is 0 Å². The molecule has 0 unspecified atom stereocenters. The quantitative estimate of drug-likeness (QED) is 0.627. The molecule has 1 saturated carbocycles. The molecule has 1 aliphatic carbocycles. The van der Waals surface area contributed by atoms with Gasteiger partial charge in [0.05, 0.1) is 12.2 Å². The molecule has 0 saturated heterocycles. The highest BCUT2D eigenvalue weighted by molar-refractivity contribution is 5.97. The van der Waals surface area contributed by atoms with E-state index in [0.29, 0.717) is 18.8 Å². The summed E-state index contributed by atoms with van der Waals surface area (Å²) in [5.41, 5.74) is 4.58. The summed E-state index contributed by atoms with van der Waals surface area (Å²) >= 11 is 0. The summed E-state index contributed by atoms with van der Waals surface area (Å²) in [7, 11) is 1.56. The number of hydrogen-bond acceptors (Lipinski definition) is 3. The Kier molecular flexibility index (Phi) is 4.41. The van der Waals surface area contributed by atoms with Gasteiger partial charge in [-0.05, 0) is 31.0 Å². The first-order valence-corrected chi connectivity index (χ1v) is 6.66. The van der Waals surface area contributed by atoms with Gasteiger partial charge in [0.2, 0.25) is 0 Å². The zero-order valence-electron chi connectivity index (χ0n) is 11.7. The molecule has 21 heavy (non-hydrogen) atoms. The number of hydrogen-bond donors (Lipinski definition) is 2. The van der Waals surface area contributed by atoms with E-state index in [1.807, 2.05) is 4.90 Å². The van der Waals surface area contributed by atoms with Gasteiger partial charge in [-0.3, -0.25) is 5.41 Å². The average Bonchev–Trinajstić information content (AvgIpc) is 3.22. The lowest BCUT2D eigenvalue weighted by molar-refractivity contribution is -0.137. The molecule has 7 heteroatoms. The van der Waals surface area contributed by atoms with E-state index in [-0.39, 0.29) is 11.6 Å². The first-order chi connectivity index (χ1) is 9.84. The summed E-state index contributed by atoms with van der Waals surface area (Å²) in [5, 5.41) is 7.29. The van der Waals surface area contributed by atoms with Gasteiger partial charge in [0, 0.05) is 30.9 Å². The maximum atomic E-state index is 13.1. The third-order valence-corrected chi connectivity index (χ3v) is 3.45. The number of alkyl halides is 3. The van der Waals surface area contributed by atoms with Gasteiger partial charge in [-0.25, -0.2) is 0 Å². The number of nitrogens with one attached hydrogen (secondary N) is 1. The van der Waals surface area contributed by atoms with Gasteiger partial charge in [0.15, 0.2) is 0 Å². The van der Waals surface area contributed by atoms with Gasteiger partial charge in [-0.2, -0.15) is 13.2 Å². The van der Waals surface area contributed by atoms with Gasteiger partial charge in [0.25, 0.3) is 0 Å². The van der Waals surface area contributed by atoms with Crippen molar-refractivity contribution >= 4 is 11.5 Å².